The molecule has 3 aromatic heterocycles. The maximum absolute atomic E-state index is 13.1. The number of thiophene rings is 1. The molecule has 28 heavy (non-hydrogen) atoms. The molecule has 2 amide bonds. The molecule has 3 N–H and O–H groups in total. The molecule has 8 nitrogen and oxygen atoms in total. The molecule has 0 bridgehead atoms. The summed E-state index contributed by atoms with van der Waals surface area (Å²) in [5.41, 5.74) is 7.29. The van der Waals surface area contributed by atoms with Crippen molar-refractivity contribution in [2.24, 2.45) is 12.8 Å². The maximum Gasteiger partial charge on any atom is 0.266 e. The number of imidazole rings is 1. The van der Waals surface area contributed by atoms with Crippen molar-refractivity contribution in [2.75, 3.05) is 18.4 Å². The number of carbonyl (C=O) groups is 2. The smallest absolute Gasteiger partial charge is 0.266 e. The fraction of sp³-hybridized carbons (Fsp3) is 0.263. The van der Waals surface area contributed by atoms with Crippen molar-refractivity contribution in [3.05, 3.63) is 64.6 Å². The van der Waals surface area contributed by atoms with Gasteiger partial charge in [0.1, 0.15) is 10.7 Å². The van der Waals surface area contributed by atoms with Gasteiger partial charge < -0.3 is 20.5 Å². The number of hydrogen-bond acceptors (Lipinski definition) is 6. The second-order valence-corrected chi connectivity index (χ2v) is 7.65. The van der Waals surface area contributed by atoms with Crippen LogP contribution in [0.5, 0.6) is 0 Å². The minimum absolute atomic E-state index is 0.0150. The van der Waals surface area contributed by atoms with E-state index < -0.39 is 0 Å². The summed E-state index contributed by atoms with van der Waals surface area (Å²) in [6, 6.07) is 4.81. The number of likely N-dealkylation sites (tertiary alicyclic amines) is 1. The zero-order valence-electron chi connectivity index (χ0n) is 15.3. The summed E-state index contributed by atoms with van der Waals surface area (Å²) in [7, 11) is 1.92. The Morgan fingerprint density at radius 2 is 2.00 bits per heavy atom. The van der Waals surface area contributed by atoms with E-state index in [9.17, 15) is 9.59 Å². The summed E-state index contributed by atoms with van der Waals surface area (Å²) < 4.78 is 1.93. The number of nitrogens with two attached hydrogens (primary N) is 1. The fourth-order valence-electron chi connectivity index (χ4n) is 3.42. The topological polar surface area (TPSA) is 106 Å². The third-order valence-corrected chi connectivity index (χ3v) is 5.80. The van der Waals surface area contributed by atoms with Crippen LogP contribution >= 0.6 is 11.3 Å². The van der Waals surface area contributed by atoms with Crippen LogP contribution in [0, 0.1) is 0 Å². The Balaban J connectivity index is 1.50. The first-order valence-electron chi connectivity index (χ1n) is 8.85. The van der Waals surface area contributed by atoms with Gasteiger partial charge in [0.2, 0.25) is 0 Å². The predicted octanol–water partition coefficient (Wildman–Crippen LogP) is 1.70. The van der Waals surface area contributed by atoms with E-state index in [0.29, 0.717) is 29.2 Å². The van der Waals surface area contributed by atoms with Crippen LogP contribution in [0.1, 0.15) is 31.8 Å². The molecule has 3 aromatic rings. The fourth-order valence-corrected chi connectivity index (χ4v) is 4.23. The van der Waals surface area contributed by atoms with Crippen molar-refractivity contribution in [1.29, 1.82) is 0 Å². The molecule has 4 heterocycles. The number of anilines is 1. The van der Waals surface area contributed by atoms with Crippen LogP contribution in [0.15, 0.2) is 48.4 Å². The van der Waals surface area contributed by atoms with E-state index in [1.54, 1.807) is 47.1 Å². The minimum Gasteiger partial charge on any atom is -0.338 e. The quantitative estimate of drug-likeness (QED) is 0.698. The molecule has 1 saturated heterocycles. The number of aryl methyl sites for hydroxylation is 1. The van der Waals surface area contributed by atoms with E-state index in [2.05, 4.69) is 15.3 Å². The summed E-state index contributed by atoms with van der Waals surface area (Å²) in [5, 5.41) is 4.61. The Hall–Kier alpha value is -3.04. The maximum atomic E-state index is 13.1. The highest BCUT2D eigenvalue weighted by atomic mass is 32.1. The molecule has 4 rings (SSSR count). The first-order chi connectivity index (χ1) is 13.5. The number of hydrogen-bond donors (Lipinski definition) is 2. The molecule has 1 fully saturated rings. The number of aromatic nitrogens is 3. The Morgan fingerprint density at radius 1 is 1.21 bits per heavy atom. The molecular formula is C19H20N6O2S. The third-order valence-electron chi connectivity index (χ3n) is 4.89. The van der Waals surface area contributed by atoms with Crippen molar-refractivity contribution >= 4 is 28.8 Å². The van der Waals surface area contributed by atoms with Crippen molar-refractivity contribution < 1.29 is 9.59 Å². The Kier molecular flexibility index (Phi) is 4.93. The van der Waals surface area contributed by atoms with Gasteiger partial charge in [-0.15, -0.1) is 11.3 Å². The van der Waals surface area contributed by atoms with Gasteiger partial charge in [0.05, 0.1) is 11.6 Å². The van der Waals surface area contributed by atoms with Gasteiger partial charge in [0.15, 0.2) is 0 Å². The predicted molar refractivity (Wildman–Crippen MR) is 106 cm³/mol. The van der Waals surface area contributed by atoms with E-state index in [1.807, 2.05) is 17.8 Å². The van der Waals surface area contributed by atoms with Gasteiger partial charge in [0.25, 0.3) is 11.8 Å². The summed E-state index contributed by atoms with van der Waals surface area (Å²) in [6.45, 7) is 0.951. The molecule has 0 saturated carbocycles. The molecule has 0 unspecified atom stereocenters. The van der Waals surface area contributed by atoms with E-state index in [-0.39, 0.29) is 23.8 Å². The molecule has 9 heteroatoms. The number of nitrogens with zero attached hydrogens (tertiary/aromatic N) is 4. The lowest BCUT2D eigenvalue weighted by atomic mass is 10.0. The van der Waals surface area contributed by atoms with Crippen LogP contribution < -0.4 is 11.1 Å². The van der Waals surface area contributed by atoms with Gasteiger partial charge in [-0.3, -0.25) is 14.6 Å². The highest BCUT2D eigenvalue weighted by molar-refractivity contribution is 7.12. The number of rotatable bonds is 4. The second kappa shape index (κ2) is 7.53. The molecule has 0 aliphatic carbocycles. The summed E-state index contributed by atoms with van der Waals surface area (Å²) in [4.78, 5) is 36.0. The van der Waals surface area contributed by atoms with Crippen molar-refractivity contribution in [1.82, 2.24) is 19.4 Å². The van der Waals surface area contributed by atoms with E-state index in [0.717, 1.165) is 5.82 Å². The average molecular weight is 396 g/mol. The molecular weight excluding hydrogens is 376 g/mol. The standard InChI is InChI=1S/C19H20N6O2S/c1-24-8-7-22-17(24)13-10-25(11-14(13)20)19(27)16-15(4-9-28-16)23-18(26)12-2-5-21-6-3-12/h2-9,13-14H,10-11,20H2,1H3,(H,23,26)/t13-,14-/m1/s1. The van der Waals surface area contributed by atoms with Crippen LogP contribution in [0.25, 0.3) is 0 Å². The van der Waals surface area contributed by atoms with Gasteiger partial charge in [-0.2, -0.15) is 0 Å². The van der Waals surface area contributed by atoms with Crippen LogP contribution in [-0.2, 0) is 7.05 Å². The van der Waals surface area contributed by atoms with Crippen molar-refractivity contribution in [2.45, 2.75) is 12.0 Å². The lowest BCUT2D eigenvalue weighted by molar-refractivity contribution is 0.0794. The molecule has 0 aromatic carbocycles. The summed E-state index contributed by atoms with van der Waals surface area (Å²) in [6.07, 6.45) is 6.72. The van der Waals surface area contributed by atoms with Crippen LogP contribution in [0.4, 0.5) is 5.69 Å². The summed E-state index contributed by atoms with van der Waals surface area (Å²) >= 11 is 1.30. The van der Waals surface area contributed by atoms with Gasteiger partial charge in [-0.1, -0.05) is 0 Å². The van der Waals surface area contributed by atoms with Crippen LogP contribution in [0.3, 0.4) is 0 Å². The first kappa shape index (κ1) is 18.3. The zero-order valence-corrected chi connectivity index (χ0v) is 16.1. The number of carbonyl (C=O) groups excluding carboxylic acids is 2. The third kappa shape index (κ3) is 3.41. The zero-order chi connectivity index (χ0) is 19.7. The van der Waals surface area contributed by atoms with Gasteiger partial charge in [0, 0.05) is 56.5 Å². The van der Waals surface area contributed by atoms with Gasteiger partial charge >= 0.3 is 0 Å². The minimum atomic E-state index is -0.279. The largest absolute Gasteiger partial charge is 0.338 e. The van der Waals surface area contributed by atoms with Gasteiger partial charge in [-0.05, 0) is 23.6 Å². The molecule has 1 aliphatic heterocycles. The monoisotopic (exact) mass is 396 g/mol. The first-order valence-corrected chi connectivity index (χ1v) is 9.73. The highest BCUT2D eigenvalue weighted by Crippen LogP contribution is 2.30. The SMILES string of the molecule is Cn1ccnc1[C@@H]1CN(C(=O)c2sccc2NC(=O)c2ccncc2)C[C@H]1N. The molecule has 144 valence electrons. The Labute approximate surface area is 166 Å². The van der Waals surface area contributed by atoms with Crippen LogP contribution in [-0.4, -0.2) is 50.4 Å². The number of amides is 2. The number of nitrogens with one attached hydrogen (secondary N) is 1. The lowest BCUT2D eigenvalue weighted by Crippen LogP contribution is -2.32. The molecule has 2 atom stereocenters. The average Bonchev–Trinajstić information content (AvgIpc) is 3.42. The lowest BCUT2D eigenvalue weighted by Gasteiger charge is -2.16. The second-order valence-electron chi connectivity index (χ2n) is 6.73. The normalized spacial score (nSPS) is 19.0. The van der Waals surface area contributed by atoms with Crippen molar-refractivity contribution in [3.8, 4) is 0 Å². The van der Waals surface area contributed by atoms with Crippen molar-refractivity contribution in [3.63, 3.8) is 0 Å². The summed E-state index contributed by atoms with van der Waals surface area (Å²) in [5.74, 6) is 0.449. The highest BCUT2D eigenvalue weighted by Gasteiger charge is 2.37. The molecule has 1 aliphatic rings. The van der Waals surface area contributed by atoms with E-state index >= 15 is 0 Å². The Morgan fingerprint density at radius 3 is 2.71 bits per heavy atom. The Bertz CT molecular complexity index is 999. The molecule has 0 radical (unpaired) electrons. The van der Waals surface area contributed by atoms with E-state index in [1.165, 1.54) is 11.3 Å². The number of pyridine rings is 1. The van der Waals surface area contributed by atoms with Crippen LogP contribution in [0.2, 0.25) is 0 Å². The van der Waals surface area contributed by atoms with Gasteiger partial charge in [-0.25, -0.2) is 4.98 Å². The van der Waals surface area contributed by atoms with E-state index in [4.69, 9.17) is 5.73 Å². The molecule has 0 spiro atoms.